The smallest absolute Gasteiger partial charge is 0.306 e. The van der Waals surface area contributed by atoms with Crippen LogP contribution in [0.1, 0.15) is 64.7 Å². The van der Waals surface area contributed by atoms with Crippen molar-refractivity contribution < 1.29 is 29.6 Å². The van der Waals surface area contributed by atoms with Crippen LogP contribution in [-0.2, 0) is 14.3 Å². The maximum absolute atomic E-state index is 11.9. The van der Waals surface area contributed by atoms with E-state index in [1.54, 1.807) is 0 Å². The zero-order valence-corrected chi connectivity index (χ0v) is 14.4. The minimum absolute atomic E-state index is 0.000900. The number of ether oxygens (including phenoxy) is 2. The molecule has 0 spiro atoms. The topological polar surface area (TPSA) is 96.2 Å². The van der Waals surface area contributed by atoms with Crippen LogP contribution in [0.2, 0.25) is 0 Å². The molecule has 6 heteroatoms. The first-order chi connectivity index (χ1) is 11.4. The standard InChI is InChI=1S/C18H30O6/c1-2-3-4-5-6-13-7-9-16-18(22,24-13)12-11-15(20)14(19)8-10-17(21)23-16/h11-16,19-20,22H,2-10H2,1H3/b12-11+/t13-,14-,15+,16+,18+/m0/s1. The van der Waals surface area contributed by atoms with E-state index >= 15 is 0 Å². The molecule has 2 rings (SSSR count). The van der Waals surface area contributed by atoms with Crippen LogP contribution < -0.4 is 0 Å². The van der Waals surface area contributed by atoms with E-state index in [0.717, 1.165) is 32.1 Å². The fourth-order valence-corrected chi connectivity index (χ4v) is 3.26. The first-order valence-corrected chi connectivity index (χ1v) is 9.09. The van der Waals surface area contributed by atoms with Crippen LogP contribution in [0, 0.1) is 0 Å². The highest BCUT2D eigenvalue weighted by molar-refractivity contribution is 5.69. The van der Waals surface area contributed by atoms with Gasteiger partial charge in [0.2, 0.25) is 5.79 Å². The number of carbonyl (C=O) groups excluding carboxylic acids is 1. The fraction of sp³-hybridized carbons (Fsp3) is 0.833. The summed E-state index contributed by atoms with van der Waals surface area (Å²) in [6.45, 7) is 2.16. The van der Waals surface area contributed by atoms with E-state index in [9.17, 15) is 20.1 Å². The molecule has 138 valence electrons. The predicted octanol–water partition coefficient (Wildman–Crippen LogP) is 1.81. The van der Waals surface area contributed by atoms with Gasteiger partial charge in [0.05, 0.1) is 18.3 Å². The van der Waals surface area contributed by atoms with Gasteiger partial charge in [-0.2, -0.15) is 0 Å². The Hall–Kier alpha value is -0.950. The first-order valence-electron chi connectivity index (χ1n) is 9.09. The maximum Gasteiger partial charge on any atom is 0.306 e. The fourth-order valence-electron chi connectivity index (χ4n) is 3.26. The number of fused-ring (bicyclic) bond motifs is 1. The third-order valence-corrected chi connectivity index (χ3v) is 4.79. The van der Waals surface area contributed by atoms with Crippen molar-refractivity contribution in [1.29, 1.82) is 0 Å². The Morgan fingerprint density at radius 1 is 1.21 bits per heavy atom. The quantitative estimate of drug-likeness (QED) is 0.401. The summed E-state index contributed by atoms with van der Waals surface area (Å²) in [5.74, 6) is -2.24. The predicted molar refractivity (Wildman–Crippen MR) is 88.1 cm³/mol. The second kappa shape index (κ2) is 8.94. The molecule has 0 aromatic carbocycles. The highest BCUT2D eigenvalue weighted by Gasteiger charge is 2.45. The van der Waals surface area contributed by atoms with E-state index in [2.05, 4.69) is 6.92 Å². The molecule has 2 heterocycles. The second-order valence-electron chi connectivity index (χ2n) is 6.85. The van der Waals surface area contributed by atoms with Crippen LogP contribution in [-0.4, -0.2) is 51.5 Å². The Labute approximate surface area is 143 Å². The minimum Gasteiger partial charge on any atom is -0.456 e. The third-order valence-electron chi connectivity index (χ3n) is 4.79. The van der Waals surface area contributed by atoms with Crippen LogP contribution in [0.4, 0.5) is 0 Å². The monoisotopic (exact) mass is 342 g/mol. The number of hydrogen-bond acceptors (Lipinski definition) is 6. The van der Waals surface area contributed by atoms with E-state index in [1.165, 1.54) is 18.6 Å². The molecule has 5 atom stereocenters. The number of esters is 1. The molecule has 6 nitrogen and oxygen atoms in total. The van der Waals surface area contributed by atoms with Gasteiger partial charge in [0.25, 0.3) is 0 Å². The van der Waals surface area contributed by atoms with Crippen LogP contribution in [0.5, 0.6) is 0 Å². The molecule has 3 N–H and O–H groups in total. The van der Waals surface area contributed by atoms with E-state index in [0.29, 0.717) is 6.42 Å². The molecule has 0 radical (unpaired) electrons. The van der Waals surface area contributed by atoms with E-state index in [-0.39, 0.29) is 18.9 Å². The first kappa shape index (κ1) is 19.4. The molecule has 24 heavy (non-hydrogen) atoms. The third kappa shape index (κ3) is 5.28. The lowest BCUT2D eigenvalue weighted by molar-refractivity contribution is -0.277. The lowest BCUT2D eigenvalue weighted by Gasteiger charge is -2.41. The molecule has 2 aliphatic heterocycles. The van der Waals surface area contributed by atoms with Gasteiger partial charge in [-0.05, 0) is 31.8 Å². The molecular formula is C18H30O6. The van der Waals surface area contributed by atoms with Crippen molar-refractivity contribution in [2.24, 2.45) is 0 Å². The summed E-state index contributed by atoms with van der Waals surface area (Å²) in [6, 6.07) is 0. The Balaban J connectivity index is 2.05. The zero-order chi connectivity index (χ0) is 17.6. The number of aliphatic hydroxyl groups is 3. The molecule has 0 aromatic heterocycles. The van der Waals surface area contributed by atoms with Gasteiger partial charge in [0, 0.05) is 6.42 Å². The molecule has 1 fully saturated rings. The number of aliphatic hydroxyl groups excluding tert-OH is 2. The molecule has 0 amide bonds. The number of carbonyl (C=O) groups is 1. The Morgan fingerprint density at radius 2 is 2.00 bits per heavy atom. The van der Waals surface area contributed by atoms with Gasteiger partial charge in [-0.15, -0.1) is 0 Å². The van der Waals surface area contributed by atoms with Crippen LogP contribution in [0.15, 0.2) is 12.2 Å². The molecule has 2 aliphatic rings. The largest absolute Gasteiger partial charge is 0.456 e. The molecule has 0 aliphatic carbocycles. The van der Waals surface area contributed by atoms with Crippen molar-refractivity contribution in [2.75, 3.05) is 0 Å². The number of rotatable bonds is 5. The summed E-state index contributed by atoms with van der Waals surface area (Å²) < 4.78 is 11.2. The summed E-state index contributed by atoms with van der Waals surface area (Å²) in [5.41, 5.74) is 0. The molecule has 1 saturated heterocycles. The Morgan fingerprint density at radius 3 is 2.75 bits per heavy atom. The normalized spacial score (nSPS) is 38.9. The Kier molecular flexibility index (Phi) is 7.22. The molecule has 0 saturated carbocycles. The summed E-state index contributed by atoms with van der Waals surface area (Å²) in [4.78, 5) is 11.9. The average Bonchev–Trinajstić information content (AvgIpc) is 2.56. The van der Waals surface area contributed by atoms with Crippen molar-refractivity contribution in [3.05, 3.63) is 12.2 Å². The van der Waals surface area contributed by atoms with Gasteiger partial charge in [0.1, 0.15) is 0 Å². The molecule has 0 aromatic rings. The lowest BCUT2D eigenvalue weighted by Crippen LogP contribution is -2.52. The SMILES string of the molecule is CCCCCC[C@H]1CC[C@H]2OC(=O)CC[C@H](O)[C@H](O)/C=C/[C@@]2(O)O1. The number of hydrogen-bond donors (Lipinski definition) is 3. The summed E-state index contributed by atoms with van der Waals surface area (Å²) in [5, 5.41) is 30.5. The Bertz CT molecular complexity index is 437. The van der Waals surface area contributed by atoms with Crippen LogP contribution in [0.3, 0.4) is 0 Å². The summed E-state index contributed by atoms with van der Waals surface area (Å²) in [7, 11) is 0. The molecule has 0 unspecified atom stereocenters. The lowest BCUT2D eigenvalue weighted by atomic mass is 9.93. The van der Waals surface area contributed by atoms with E-state index in [4.69, 9.17) is 9.47 Å². The highest BCUT2D eigenvalue weighted by atomic mass is 16.7. The zero-order valence-electron chi connectivity index (χ0n) is 14.4. The van der Waals surface area contributed by atoms with Crippen molar-refractivity contribution in [3.8, 4) is 0 Å². The van der Waals surface area contributed by atoms with Crippen molar-refractivity contribution >= 4 is 5.97 Å². The number of unbranched alkanes of at least 4 members (excludes halogenated alkanes) is 3. The van der Waals surface area contributed by atoms with Crippen molar-refractivity contribution in [1.82, 2.24) is 0 Å². The average molecular weight is 342 g/mol. The summed E-state index contributed by atoms with van der Waals surface area (Å²) >= 11 is 0. The van der Waals surface area contributed by atoms with Crippen LogP contribution >= 0.6 is 0 Å². The summed E-state index contributed by atoms with van der Waals surface area (Å²) in [6.07, 6.45) is 6.28. The van der Waals surface area contributed by atoms with Gasteiger partial charge in [-0.3, -0.25) is 4.79 Å². The van der Waals surface area contributed by atoms with E-state index < -0.39 is 30.1 Å². The van der Waals surface area contributed by atoms with Gasteiger partial charge < -0.3 is 24.8 Å². The minimum atomic E-state index is -1.75. The van der Waals surface area contributed by atoms with Crippen molar-refractivity contribution in [3.63, 3.8) is 0 Å². The second-order valence-corrected chi connectivity index (χ2v) is 6.85. The van der Waals surface area contributed by atoms with Crippen molar-refractivity contribution in [2.45, 2.75) is 94.9 Å². The molecular weight excluding hydrogens is 312 g/mol. The van der Waals surface area contributed by atoms with Gasteiger partial charge >= 0.3 is 5.97 Å². The van der Waals surface area contributed by atoms with Gasteiger partial charge in [0.15, 0.2) is 6.10 Å². The highest BCUT2D eigenvalue weighted by Crippen LogP contribution is 2.34. The van der Waals surface area contributed by atoms with Gasteiger partial charge in [-0.1, -0.05) is 38.7 Å². The van der Waals surface area contributed by atoms with Crippen LogP contribution in [0.25, 0.3) is 0 Å². The molecule has 0 bridgehead atoms. The van der Waals surface area contributed by atoms with E-state index in [1.807, 2.05) is 0 Å². The van der Waals surface area contributed by atoms with Gasteiger partial charge in [-0.25, -0.2) is 0 Å². The maximum atomic E-state index is 11.9.